The Morgan fingerprint density at radius 3 is 2.53 bits per heavy atom. The van der Waals surface area contributed by atoms with Gasteiger partial charge in [-0.2, -0.15) is 0 Å². The van der Waals surface area contributed by atoms with E-state index >= 15 is 0 Å². The monoisotopic (exact) mass is 328 g/mol. The number of aryl methyl sites for hydroxylation is 1. The molecule has 1 rings (SSSR count). The topological polar surface area (TPSA) is 54.3 Å². The smallest absolute Gasteiger partial charge is 0.216 e. The van der Waals surface area contributed by atoms with Crippen molar-refractivity contribution >= 4 is 21.8 Å². The van der Waals surface area contributed by atoms with Crippen molar-refractivity contribution in [3.05, 3.63) is 33.8 Å². The second-order valence-corrected chi connectivity index (χ2v) is 4.96. The molecule has 0 radical (unpaired) electrons. The molecule has 0 spiro atoms. The first kappa shape index (κ1) is 16.1. The van der Waals surface area contributed by atoms with Gasteiger partial charge in [0.15, 0.2) is 5.84 Å². The van der Waals surface area contributed by atoms with Gasteiger partial charge in [-0.15, -0.1) is 0 Å². The summed E-state index contributed by atoms with van der Waals surface area (Å²) in [5, 5.41) is 11.0. The highest BCUT2D eigenvalue weighted by atomic mass is 79.9. The molecule has 2 N–H and O–H groups in total. The van der Waals surface area contributed by atoms with E-state index < -0.39 is 6.29 Å². The van der Waals surface area contributed by atoms with E-state index in [0.29, 0.717) is 19.8 Å². The highest BCUT2D eigenvalue weighted by Gasteiger charge is 2.14. The highest BCUT2D eigenvalue weighted by Crippen LogP contribution is 2.17. The molecule has 0 saturated heterocycles. The van der Waals surface area contributed by atoms with Crippen LogP contribution < -0.4 is 5.32 Å². The molecule has 106 valence electrons. The lowest BCUT2D eigenvalue weighted by molar-refractivity contribution is -0.0923. The van der Waals surface area contributed by atoms with Crippen molar-refractivity contribution in [3.63, 3.8) is 0 Å². The zero-order valence-corrected chi connectivity index (χ0v) is 13.2. The van der Waals surface area contributed by atoms with Crippen molar-refractivity contribution in [2.75, 3.05) is 13.2 Å². The predicted molar refractivity (Wildman–Crippen MR) is 80.5 cm³/mol. The van der Waals surface area contributed by atoms with Crippen molar-refractivity contribution in [2.24, 2.45) is 0 Å². The molecule has 0 fully saturated rings. The van der Waals surface area contributed by atoms with Crippen LogP contribution in [0.1, 0.15) is 25.0 Å². The first-order valence-electron chi connectivity index (χ1n) is 6.39. The molecule has 0 aromatic heterocycles. The lowest BCUT2D eigenvalue weighted by atomic mass is 10.1. The highest BCUT2D eigenvalue weighted by molar-refractivity contribution is 9.10. The maximum absolute atomic E-state index is 7.95. The van der Waals surface area contributed by atoms with Crippen LogP contribution in [0.2, 0.25) is 0 Å². The largest absolute Gasteiger partial charge is 0.366 e. The maximum atomic E-state index is 7.95. The molecule has 1 aromatic rings. The lowest BCUT2D eigenvalue weighted by Crippen LogP contribution is -2.37. The summed E-state index contributed by atoms with van der Waals surface area (Å²) in [6, 6.07) is 6.14. The third kappa shape index (κ3) is 5.30. The summed E-state index contributed by atoms with van der Waals surface area (Å²) in [6.45, 7) is 7.42. The van der Waals surface area contributed by atoms with Gasteiger partial charge in [0.2, 0.25) is 6.29 Å². The molecule has 0 atom stereocenters. The van der Waals surface area contributed by atoms with E-state index in [9.17, 15) is 0 Å². The molecular formula is C14H21BrN2O2. The molecule has 1 aromatic carbocycles. The van der Waals surface area contributed by atoms with Gasteiger partial charge in [0.05, 0.1) is 0 Å². The Kier molecular flexibility index (Phi) is 7.05. The Hall–Kier alpha value is -0.910. The zero-order valence-electron chi connectivity index (χ0n) is 11.6. The van der Waals surface area contributed by atoms with Crippen molar-refractivity contribution < 1.29 is 9.47 Å². The molecule has 0 heterocycles. The van der Waals surface area contributed by atoms with Crippen LogP contribution in [0.25, 0.3) is 0 Å². The second-order valence-electron chi connectivity index (χ2n) is 4.10. The molecule has 0 saturated carbocycles. The summed E-state index contributed by atoms with van der Waals surface area (Å²) in [5.74, 6) is 0.247. The number of benzene rings is 1. The van der Waals surface area contributed by atoms with Gasteiger partial charge >= 0.3 is 0 Å². The number of hydrogen-bond acceptors (Lipinski definition) is 3. The first-order chi connectivity index (χ1) is 9.08. The number of hydrogen-bond donors (Lipinski definition) is 2. The van der Waals surface area contributed by atoms with E-state index in [2.05, 4.69) is 27.3 Å². The van der Waals surface area contributed by atoms with Gasteiger partial charge in [0.25, 0.3) is 0 Å². The number of amidine groups is 1. The third-order valence-electron chi connectivity index (χ3n) is 2.54. The molecule has 0 amide bonds. The van der Waals surface area contributed by atoms with Crippen LogP contribution in [0, 0.1) is 12.3 Å². The zero-order chi connectivity index (χ0) is 14.3. The fourth-order valence-electron chi connectivity index (χ4n) is 1.63. The van der Waals surface area contributed by atoms with Crippen molar-refractivity contribution in [1.82, 2.24) is 5.32 Å². The predicted octanol–water partition coefficient (Wildman–Crippen LogP) is 3.22. The third-order valence-corrected chi connectivity index (χ3v) is 3.32. The van der Waals surface area contributed by atoms with Gasteiger partial charge in [0, 0.05) is 24.2 Å². The molecular weight excluding hydrogens is 308 g/mol. The summed E-state index contributed by atoms with van der Waals surface area (Å²) < 4.78 is 11.8. The van der Waals surface area contributed by atoms with E-state index in [0.717, 1.165) is 10.0 Å². The van der Waals surface area contributed by atoms with Crippen LogP contribution in [0.3, 0.4) is 0 Å². The quantitative estimate of drug-likeness (QED) is 0.459. The number of ether oxygens (including phenoxy) is 2. The average Bonchev–Trinajstić information content (AvgIpc) is 2.39. The van der Waals surface area contributed by atoms with Gasteiger partial charge in [-0.25, -0.2) is 0 Å². The molecule has 4 nitrogen and oxygen atoms in total. The standard InChI is InChI=1S/C14H21BrN2O2/c1-4-18-14(19-5-2)13(16)17-9-11-8-10(3)6-7-12(11)15/h6-8,14H,4-5,9H2,1-3H3,(H2,16,17). The molecule has 0 unspecified atom stereocenters. The summed E-state index contributed by atoms with van der Waals surface area (Å²) in [7, 11) is 0. The van der Waals surface area contributed by atoms with Crippen LogP contribution in [0.4, 0.5) is 0 Å². The van der Waals surface area contributed by atoms with Gasteiger partial charge in [-0.3, -0.25) is 5.41 Å². The summed E-state index contributed by atoms with van der Waals surface area (Å²) in [6.07, 6.45) is -0.612. The fraction of sp³-hybridized carbons (Fsp3) is 0.500. The van der Waals surface area contributed by atoms with Crippen LogP contribution in [-0.4, -0.2) is 25.3 Å². The molecule has 0 aliphatic rings. The Bertz CT molecular complexity index is 418. The molecule has 0 aliphatic carbocycles. The maximum Gasteiger partial charge on any atom is 0.216 e. The summed E-state index contributed by atoms with van der Waals surface area (Å²) in [4.78, 5) is 0. The summed E-state index contributed by atoms with van der Waals surface area (Å²) >= 11 is 3.51. The summed E-state index contributed by atoms with van der Waals surface area (Å²) in [5.41, 5.74) is 2.30. The van der Waals surface area contributed by atoms with Crippen LogP contribution >= 0.6 is 15.9 Å². The molecule has 0 bridgehead atoms. The van der Waals surface area contributed by atoms with E-state index in [1.165, 1.54) is 5.56 Å². The van der Waals surface area contributed by atoms with E-state index in [1.807, 2.05) is 32.9 Å². The second kappa shape index (κ2) is 8.30. The average molecular weight is 329 g/mol. The molecule has 5 heteroatoms. The van der Waals surface area contributed by atoms with Gasteiger partial charge in [0.1, 0.15) is 0 Å². The van der Waals surface area contributed by atoms with Crippen molar-refractivity contribution in [1.29, 1.82) is 5.41 Å². The first-order valence-corrected chi connectivity index (χ1v) is 7.18. The van der Waals surface area contributed by atoms with Crippen LogP contribution in [0.5, 0.6) is 0 Å². The lowest BCUT2D eigenvalue weighted by Gasteiger charge is -2.19. The van der Waals surface area contributed by atoms with Gasteiger partial charge in [-0.1, -0.05) is 33.6 Å². The van der Waals surface area contributed by atoms with Crippen molar-refractivity contribution in [3.8, 4) is 0 Å². The Morgan fingerprint density at radius 1 is 1.32 bits per heavy atom. The Balaban J connectivity index is 2.59. The van der Waals surface area contributed by atoms with Crippen LogP contribution in [0.15, 0.2) is 22.7 Å². The van der Waals surface area contributed by atoms with Gasteiger partial charge in [-0.05, 0) is 32.4 Å². The number of rotatable bonds is 7. The van der Waals surface area contributed by atoms with E-state index in [4.69, 9.17) is 14.9 Å². The molecule has 0 aliphatic heterocycles. The SMILES string of the molecule is CCOC(OCC)C(=N)NCc1cc(C)ccc1Br. The van der Waals surface area contributed by atoms with Crippen molar-refractivity contribution in [2.45, 2.75) is 33.6 Å². The number of halogens is 1. The molecule has 19 heavy (non-hydrogen) atoms. The van der Waals surface area contributed by atoms with Crippen LogP contribution in [-0.2, 0) is 16.0 Å². The Labute approximate surface area is 123 Å². The fourth-order valence-corrected chi connectivity index (χ4v) is 2.02. The minimum atomic E-state index is -0.612. The number of nitrogens with one attached hydrogen (secondary N) is 2. The van der Waals surface area contributed by atoms with Gasteiger partial charge < -0.3 is 14.8 Å². The normalized spacial score (nSPS) is 10.8. The minimum Gasteiger partial charge on any atom is -0.366 e. The van der Waals surface area contributed by atoms with E-state index in [1.54, 1.807) is 0 Å². The Morgan fingerprint density at radius 2 is 1.95 bits per heavy atom. The minimum absolute atomic E-state index is 0.247. The van der Waals surface area contributed by atoms with E-state index in [-0.39, 0.29) is 5.84 Å².